The van der Waals surface area contributed by atoms with E-state index in [0.717, 1.165) is 17.7 Å². The lowest BCUT2D eigenvalue weighted by Crippen LogP contribution is -2.13. The van der Waals surface area contributed by atoms with Crippen molar-refractivity contribution in [2.45, 2.75) is 26.4 Å². The van der Waals surface area contributed by atoms with Crippen LogP contribution in [0.4, 0.5) is 0 Å². The van der Waals surface area contributed by atoms with Gasteiger partial charge in [-0.2, -0.15) is 0 Å². The molecule has 0 aliphatic heterocycles. The van der Waals surface area contributed by atoms with Gasteiger partial charge in [0, 0.05) is 6.42 Å². The second kappa shape index (κ2) is 7.71. The molecule has 0 amide bonds. The van der Waals surface area contributed by atoms with Gasteiger partial charge in [0.1, 0.15) is 12.4 Å². The maximum Gasteiger partial charge on any atom is 0.306 e. The first kappa shape index (κ1) is 14.5. The molecule has 0 spiro atoms. The first-order chi connectivity index (χ1) is 8.65. The second-order valence-electron chi connectivity index (χ2n) is 4.39. The smallest absolute Gasteiger partial charge is 0.306 e. The number of hydrogen-bond donors (Lipinski definition) is 1. The zero-order valence-electron chi connectivity index (χ0n) is 11.0. The van der Waals surface area contributed by atoms with Gasteiger partial charge in [0.25, 0.3) is 0 Å². The van der Waals surface area contributed by atoms with E-state index in [1.807, 2.05) is 31.2 Å². The number of esters is 1. The third-order valence-electron chi connectivity index (χ3n) is 2.80. The standard InChI is InChI=1S/C14H21NO3/c1-11(9-15)3-8-14(16)18-10-12-4-6-13(17-2)7-5-12/h4-7,11H,3,8-10,15H2,1-2H3. The van der Waals surface area contributed by atoms with Gasteiger partial charge in [-0.25, -0.2) is 0 Å². The Balaban J connectivity index is 2.29. The number of ether oxygens (including phenoxy) is 2. The molecule has 2 N–H and O–H groups in total. The Morgan fingerprint density at radius 2 is 2.00 bits per heavy atom. The Bertz CT molecular complexity index is 362. The summed E-state index contributed by atoms with van der Waals surface area (Å²) in [6.45, 7) is 2.93. The van der Waals surface area contributed by atoms with Crippen molar-refractivity contribution in [1.82, 2.24) is 0 Å². The molecule has 0 radical (unpaired) electrons. The molecule has 0 saturated carbocycles. The second-order valence-corrected chi connectivity index (χ2v) is 4.39. The molecule has 0 aromatic heterocycles. The minimum Gasteiger partial charge on any atom is -0.497 e. The van der Waals surface area contributed by atoms with Crippen LogP contribution in [0.25, 0.3) is 0 Å². The van der Waals surface area contributed by atoms with Crippen molar-refractivity contribution in [3.05, 3.63) is 29.8 Å². The summed E-state index contributed by atoms with van der Waals surface area (Å²) in [7, 11) is 1.62. The number of methoxy groups -OCH3 is 1. The summed E-state index contributed by atoms with van der Waals surface area (Å²) in [5.41, 5.74) is 6.44. The third-order valence-corrected chi connectivity index (χ3v) is 2.80. The molecule has 100 valence electrons. The molecule has 0 aliphatic rings. The first-order valence-corrected chi connectivity index (χ1v) is 6.14. The van der Waals surface area contributed by atoms with Crippen LogP contribution >= 0.6 is 0 Å². The number of rotatable bonds is 7. The highest BCUT2D eigenvalue weighted by Crippen LogP contribution is 2.12. The van der Waals surface area contributed by atoms with Crippen LogP contribution in [0.15, 0.2) is 24.3 Å². The number of hydrogen-bond acceptors (Lipinski definition) is 4. The fourth-order valence-corrected chi connectivity index (χ4v) is 1.44. The lowest BCUT2D eigenvalue weighted by Gasteiger charge is -2.08. The van der Waals surface area contributed by atoms with Gasteiger partial charge >= 0.3 is 5.97 Å². The molecule has 1 unspecified atom stereocenters. The predicted octanol–water partition coefficient (Wildman–Crippen LogP) is 2.11. The Kier molecular flexibility index (Phi) is 6.22. The van der Waals surface area contributed by atoms with E-state index in [-0.39, 0.29) is 5.97 Å². The van der Waals surface area contributed by atoms with Gasteiger partial charge in [-0.3, -0.25) is 4.79 Å². The first-order valence-electron chi connectivity index (χ1n) is 6.14. The summed E-state index contributed by atoms with van der Waals surface area (Å²) in [5, 5.41) is 0. The van der Waals surface area contributed by atoms with E-state index in [4.69, 9.17) is 15.2 Å². The molecule has 1 atom stereocenters. The van der Waals surface area contributed by atoms with Gasteiger partial charge in [-0.15, -0.1) is 0 Å². The molecular weight excluding hydrogens is 230 g/mol. The molecule has 1 rings (SSSR count). The average molecular weight is 251 g/mol. The highest BCUT2D eigenvalue weighted by atomic mass is 16.5. The van der Waals surface area contributed by atoms with Gasteiger partial charge in [-0.05, 0) is 36.6 Å². The summed E-state index contributed by atoms with van der Waals surface area (Å²) in [6.07, 6.45) is 1.20. The number of benzene rings is 1. The van der Waals surface area contributed by atoms with E-state index in [0.29, 0.717) is 25.5 Å². The summed E-state index contributed by atoms with van der Waals surface area (Å²) in [4.78, 5) is 11.5. The minimum absolute atomic E-state index is 0.175. The van der Waals surface area contributed by atoms with Crippen molar-refractivity contribution >= 4 is 5.97 Å². The monoisotopic (exact) mass is 251 g/mol. The largest absolute Gasteiger partial charge is 0.497 e. The maximum atomic E-state index is 11.5. The SMILES string of the molecule is COc1ccc(COC(=O)CCC(C)CN)cc1. The molecule has 1 aromatic rings. The van der Waals surface area contributed by atoms with E-state index in [2.05, 4.69) is 0 Å². The third kappa shape index (κ3) is 5.19. The molecule has 0 bridgehead atoms. The molecule has 0 fully saturated rings. The number of carbonyl (C=O) groups excluding carboxylic acids is 1. The van der Waals surface area contributed by atoms with Crippen LogP contribution in [0.3, 0.4) is 0 Å². The van der Waals surface area contributed by atoms with Gasteiger partial charge in [0.15, 0.2) is 0 Å². The average Bonchev–Trinajstić information content (AvgIpc) is 2.42. The van der Waals surface area contributed by atoms with Crippen molar-refractivity contribution in [1.29, 1.82) is 0 Å². The molecular formula is C14H21NO3. The van der Waals surface area contributed by atoms with Gasteiger partial charge < -0.3 is 15.2 Å². The molecule has 4 heteroatoms. The number of carbonyl (C=O) groups is 1. The van der Waals surface area contributed by atoms with E-state index >= 15 is 0 Å². The van der Waals surface area contributed by atoms with E-state index in [1.165, 1.54) is 0 Å². The zero-order chi connectivity index (χ0) is 13.4. The van der Waals surface area contributed by atoms with Crippen molar-refractivity contribution < 1.29 is 14.3 Å². The van der Waals surface area contributed by atoms with Crippen molar-refractivity contribution in [2.75, 3.05) is 13.7 Å². The summed E-state index contributed by atoms with van der Waals surface area (Å²) >= 11 is 0. The zero-order valence-corrected chi connectivity index (χ0v) is 11.0. The van der Waals surface area contributed by atoms with E-state index in [9.17, 15) is 4.79 Å². The molecule has 18 heavy (non-hydrogen) atoms. The van der Waals surface area contributed by atoms with Gasteiger partial charge in [-0.1, -0.05) is 19.1 Å². The minimum atomic E-state index is -0.175. The van der Waals surface area contributed by atoms with Crippen molar-refractivity contribution in [3.8, 4) is 5.75 Å². The van der Waals surface area contributed by atoms with Crippen molar-refractivity contribution in [3.63, 3.8) is 0 Å². The molecule has 4 nitrogen and oxygen atoms in total. The lowest BCUT2D eigenvalue weighted by atomic mass is 10.1. The van der Waals surface area contributed by atoms with Crippen LogP contribution in [0.2, 0.25) is 0 Å². The Morgan fingerprint density at radius 1 is 1.33 bits per heavy atom. The van der Waals surface area contributed by atoms with Crippen LogP contribution in [0.1, 0.15) is 25.3 Å². The van der Waals surface area contributed by atoms with Crippen molar-refractivity contribution in [2.24, 2.45) is 11.7 Å². The Labute approximate surface area is 108 Å². The number of nitrogens with two attached hydrogens (primary N) is 1. The fraction of sp³-hybridized carbons (Fsp3) is 0.500. The fourth-order valence-electron chi connectivity index (χ4n) is 1.44. The lowest BCUT2D eigenvalue weighted by molar-refractivity contribution is -0.145. The van der Waals surface area contributed by atoms with Crippen LogP contribution in [0, 0.1) is 5.92 Å². The van der Waals surface area contributed by atoms with E-state index < -0.39 is 0 Å². The van der Waals surface area contributed by atoms with Crippen LogP contribution in [-0.4, -0.2) is 19.6 Å². The molecule has 0 heterocycles. The highest BCUT2D eigenvalue weighted by molar-refractivity contribution is 5.69. The van der Waals surface area contributed by atoms with Crippen LogP contribution in [-0.2, 0) is 16.1 Å². The predicted molar refractivity (Wildman–Crippen MR) is 70.2 cm³/mol. The summed E-state index contributed by atoms with van der Waals surface area (Å²) in [6, 6.07) is 7.46. The highest BCUT2D eigenvalue weighted by Gasteiger charge is 2.06. The topological polar surface area (TPSA) is 61.5 Å². The molecule has 0 aliphatic carbocycles. The van der Waals surface area contributed by atoms with Gasteiger partial charge in [0.2, 0.25) is 0 Å². The maximum absolute atomic E-state index is 11.5. The van der Waals surface area contributed by atoms with Crippen LogP contribution < -0.4 is 10.5 Å². The molecule has 0 saturated heterocycles. The summed E-state index contributed by atoms with van der Waals surface area (Å²) in [5.74, 6) is 0.978. The van der Waals surface area contributed by atoms with Gasteiger partial charge in [0.05, 0.1) is 7.11 Å². The normalized spacial score (nSPS) is 11.9. The van der Waals surface area contributed by atoms with E-state index in [1.54, 1.807) is 7.11 Å². The van der Waals surface area contributed by atoms with Crippen LogP contribution in [0.5, 0.6) is 5.75 Å². The molecule has 1 aromatic carbocycles. The summed E-state index contributed by atoms with van der Waals surface area (Å²) < 4.78 is 10.2. The quantitative estimate of drug-likeness (QED) is 0.754. The Morgan fingerprint density at radius 3 is 2.56 bits per heavy atom. The Hall–Kier alpha value is -1.55.